The highest BCUT2D eigenvalue weighted by atomic mass is 79.9. The van der Waals surface area contributed by atoms with E-state index >= 15 is 0 Å². The van der Waals surface area contributed by atoms with Gasteiger partial charge in [-0.1, -0.05) is 11.6 Å². The van der Waals surface area contributed by atoms with Crippen LogP contribution in [0.15, 0.2) is 4.21 Å². The fraction of sp³-hybridized carbons (Fsp3) is 0. The van der Waals surface area contributed by atoms with Crippen LogP contribution in [0.3, 0.4) is 0 Å². The Hall–Kier alpha value is 1.10. The lowest BCUT2D eigenvalue weighted by atomic mass is 11.0. The monoisotopic (exact) mass is 248 g/mol. The van der Waals surface area contributed by atoms with Gasteiger partial charge in [-0.3, -0.25) is 0 Å². The van der Waals surface area contributed by atoms with Gasteiger partial charge in [-0.05, 0) is 14.8 Å². The van der Waals surface area contributed by atoms with E-state index < -0.39 is 0 Å². The van der Waals surface area contributed by atoms with Crippen LogP contribution in [0.25, 0.3) is 0 Å². The molecule has 1 aromatic heterocycles. The average Bonchev–Trinajstić information content (AvgIpc) is 2.14. The Morgan fingerprint density at radius 3 is 2.88 bits per heavy atom. The predicted octanol–water partition coefficient (Wildman–Crippen LogP) is 3.54. The second kappa shape index (κ2) is 3.31. The lowest BCUT2D eigenvalue weighted by molar-refractivity contribution is 1.49. The van der Waals surface area contributed by atoms with Crippen molar-refractivity contribution in [1.29, 1.82) is 0 Å². The second-order valence-corrected chi connectivity index (χ2v) is 4.91. The third-order valence-electron chi connectivity index (χ3n) is 0.469. The molecule has 0 atom stereocenters. The molecule has 0 radical (unpaired) electrons. The van der Waals surface area contributed by atoms with Crippen LogP contribution >= 0.6 is 57.5 Å². The average molecular weight is 250 g/mol. The fourth-order valence-electron chi connectivity index (χ4n) is 0.202. The largest absolute Gasteiger partial charge is 0.332 e. The summed E-state index contributed by atoms with van der Waals surface area (Å²) in [6.07, 6.45) is 0. The maximum Gasteiger partial charge on any atom is 0.332 e. The van der Waals surface area contributed by atoms with Gasteiger partial charge >= 0.3 is 14.5 Å². The summed E-state index contributed by atoms with van der Waals surface area (Å²) in [6, 6.07) is 0. The molecule has 0 N–H and O–H groups in total. The van der Waals surface area contributed by atoms with E-state index in [0.29, 0.717) is 5.15 Å². The van der Waals surface area contributed by atoms with Crippen LogP contribution in [-0.2, 0) is 0 Å². The van der Waals surface area contributed by atoms with E-state index in [9.17, 15) is 0 Å². The van der Waals surface area contributed by atoms with Gasteiger partial charge in [-0.25, -0.2) is 0 Å². The third kappa shape index (κ3) is 1.54. The lowest BCUT2D eigenvalue weighted by Crippen LogP contribution is -1.55. The van der Waals surface area contributed by atoms with Gasteiger partial charge in [-0.2, -0.15) is 0 Å². The lowest BCUT2D eigenvalue weighted by Gasteiger charge is -1.68. The predicted molar refractivity (Wildman–Crippen MR) is 44.2 cm³/mol. The first-order chi connectivity index (χ1) is 3.84. The summed E-state index contributed by atoms with van der Waals surface area (Å²) in [4.78, 5) is 0. The molecule has 0 saturated heterocycles. The summed E-state index contributed by atoms with van der Waals surface area (Å²) in [7, 11) is 4.41. The van der Waals surface area contributed by atoms with Crippen molar-refractivity contribution in [2.75, 3.05) is 0 Å². The Morgan fingerprint density at radius 2 is 2.62 bits per heavy atom. The van der Waals surface area contributed by atoms with E-state index in [0.717, 1.165) is 4.21 Å². The van der Waals surface area contributed by atoms with E-state index in [1.807, 2.05) is 0 Å². The Labute approximate surface area is 70.8 Å². The third-order valence-corrected chi connectivity index (χ3v) is 5.45. The van der Waals surface area contributed by atoms with Crippen molar-refractivity contribution in [3.63, 3.8) is 0 Å². The Bertz CT molecular complexity index is 178. The summed E-state index contributed by atoms with van der Waals surface area (Å²) in [5.41, 5.74) is 0. The van der Waals surface area contributed by atoms with Crippen LogP contribution in [-0.4, -0.2) is 4.37 Å². The molecule has 1 nitrogen and oxygen atoms in total. The summed E-state index contributed by atoms with van der Waals surface area (Å²) in [5, 5.41) is 0.599. The summed E-state index contributed by atoms with van der Waals surface area (Å²) >= 11 is 8.80. The molecule has 1 heterocycles. The summed E-state index contributed by atoms with van der Waals surface area (Å²) in [5.74, 6) is 0. The first kappa shape index (κ1) is 7.21. The van der Waals surface area contributed by atoms with E-state index in [4.69, 9.17) is 11.6 Å². The molecule has 0 fully saturated rings. The number of aromatic nitrogens is 1. The minimum atomic E-state index is 0.599. The van der Waals surface area contributed by atoms with E-state index in [1.54, 1.807) is 10.3 Å². The summed E-state index contributed by atoms with van der Waals surface area (Å²) < 4.78 is 4.89. The van der Waals surface area contributed by atoms with Gasteiger partial charge in [0.05, 0.1) is 0 Å². The van der Waals surface area contributed by atoms with Crippen molar-refractivity contribution in [2.24, 2.45) is 0 Å². The minimum absolute atomic E-state index is 0.599. The molecular weight excluding hydrogens is 250 g/mol. The zero-order valence-electron chi connectivity index (χ0n) is 3.43. The van der Waals surface area contributed by atoms with Gasteiger partial charge < -0.3 is 0 Å². The number of hydrogen-bond acceptors (Lipinski definition) is 3. The number of nitrogens with zero attached hydrogens (tertiary/aromatic N) is 1. The first-order valence-electron chi connectivity index (χ1n) is 1.57. The summed E-state index contributed by atoms with van der Waals surface area (Å²) in [6.45, 7) is 0. The van der Waals surface area contributed by atoms with Gasteiger partial charge in [0.2, 0.25) is 5.15 Å². The quantitative estimate of drug-likeness (QED) is 0.558. The van der Waals surface area contributed by atoms with Crippen molar-refractivity contribution < 1.29 is 0 Å². The number of rotatable bonds is 1. The highest BCUT2D eigenvalue weighted by molar-refractivity contribution is 9.50. The van der Waals surface area contributed by atoms with Crippen LogP contribution in [0, 0.1) is 0 Å². The molecule has 6 heteroatoms. The van der Waals surface area contributed by atoms with Crippen molar-refractivity contribution in [2.45, 2.75) is 4.21 Å². The smallest absolute Gasteiger partial charge is 0.121 e. The zero-order valence-corrected chi connectivity index (χ0v) is 8.22. The van der Waals surface area contributed by atoms with Crippen LogP contribution in [0.5, 0.6) is 0 Å². The molecular formula is C2BrClNS3+. The van der Waals surface area contributed by atoms with Crippen molar-refractivity contribution >= 4 is 57.5 Å². The Morgan fingerprint density at radius 1 is 1.88 bits per heavy atom. The fourth-order valence-corrected chi connectivity index (χ4v) is 4.98. The van der Waals surface area contributed by atoms with E-state index in [1.165, 1.54) is 20.7 Å². The maximum atomic E-state index is 5.60. The van der Waals surface area contributed by atoms with Gasteiger partial charge in [0.1, 0.15) is 0 Å². The minimum Gasteiger partial charge on any atom is -0.121 e. The topological polar surface area (TPSA) is 12.9 Å². The molecule has 44 valence electrons. The van der Waals surface area contributed by atoms with Gasteiger partial charge in [0, 0.05) is 10.2 Å². The van der Waals surface area contributed by atoms with Gasteiger partial charge in [-0.15, -0.1) is 4.37 Å². The van der Waals surface area contributed by atoms with Crippen LogP contribution < -0.4 is 0 Å². The van der Waals surface area contributed by atoms with E-state index in [2.05, 4.69) is 19.2 Å². The standard InChI is InChI=1S/C2BrClNS3/c3-6-2-1(4)5-8-7-2/q+1. The van der Waals surface area contributed by atoms with Crippen LogP contribution in [0.2, 0.25) is 5.15 Å². The van der Waals surface area contributed by atoms with Gasteiger partial charge in [0.25, 0.3) is 10.5 Å². The van der Waals surface area contributed by atoms with Crippen LogP contribution in [0.1, 0.15) is 0 Å². The Kier molecular flexibility index (Phi) is 2.99. The maximum absolute atomic E-state index is 5.60. The highest BCUT2D eigenvalue weighted by Gasteiger charge is 2.15. The number of hydrogen-bond donors (Lipinski definition) is 0. The highest BCUT2D eigenvalue weighted by Crippen LogP contribution is 2.36. The molecule has 8 heavy (non-hydrogen) atoms. The molecule has 1 aromatic rings. The van der Waals surface area contributed by atoms with Gasteiger partial charge in [0.15, 0.2) is 0 Å². The molecule has 0 aliphatic carbocycles. The number of halogens is 2. The molecule has 0 aromatic carbocycles. The molecule has 1 rings (SSSR count). The Balaban J connectivity index is 2.92. The van der Waals surface area contributed by atoms with Crippen molar-refractivity contribution in [3.8, 4) is 0 Å². The van der Waals surface area contributed by atoms with E-state index in [-0.39, 0.29) is 0 Å². The molecule has 0 unspecified atom stereocenters. The molecule has 0 saturated carbocycles. The van der Waals surface area contributed by atoms with Crippen molar-refractivity contribution in [1.82, 2.24) is 4.37 Å². The molecule has 0 amide bonds. The molecule has 0 bridgehead atoms. The van der Waals surface area contributed by atoms with Crippen molar-refractivity contribution in [3.05, 3.63) is 5.15 Å². The SMILES string of the molecule is Clc1ns[s+]c1SBr. The molecule has 0 aliphatic rings. The zero-order chi connectivity index (χ0) is 5.98. The molecule has 0 aliphatic heterocycles. The first-order valence-corrected chi connectivity index (χ1v) is 6.72. The second-order valence-electron chi connectivity index (χ2n) is 0.905. The normalized spacial score (nSPS) is 9.75. The molecule has 0 spiro atoms. The van der Waals surface area contributed by atoms with Crippen LogP contribution in [0.4, 0.5) is 0 Å².